The van der Waals surface area contributed by atoms with E-state index in [9.17, 15) is 4.79 Å². The summed E-state index contributed by atoms with van der Waals surface area (Å²) in [5.74, 6) is -0.488. The summed E-state index contributed by atoms with van der Waals surface area (Å²) in [4.78, 5) is 19.6. The molecule has 0 aliphatic heterocycles. The van der Waals surface area contributed by atoms with Crippen molar-refractivity contribution in [2.45, 2.75) is 13.5 Å². The Morgan fingerprint density at radius 3 is 2.56 bits per heavy atom. The van der Waals surface area contributed by atoms with Crippen LogP contribution in [0.2, 0.25) is 5.02 Å². The van der Waals surface area contributed by atoms with Gasteiger partial charge in [0.2, 0.25) is 0 Å². The summed E-state index contributed by atoms with van der Waals surface area (Å²) in [6.07, 6.45) is 2.93. The quantitative estimate of drug-likeness (QED) is 0.798. The number of hydrogen-bond acceptors (Lipinski definition) is 4. The zero-order valence-electron chi connectivity index (χ0n) is 9.76. The fourth-order valence-electron chi connectivity index (χ4n) is 1.30. The molecule has 0 radical (unpaired) electrons. The van der Waals surface area contributed by atoms with Crippen LogP contribution in [0.4, 0.5) is 0 Å². The van der Waals surface area contributed by atoms with Crippen molar-refractivity contribution in [2.75, 3.05) is 0 Å². The van der Waals surface area contributed by atoms with Gasteiger partial charge in [-0.05, 0) is 24.6 Å². The molecule has 1 heterocycles. The smallest absolute Gasteiger partial charge is 0.358 e. The van der Waals surface area contributed by atoms with E-state index in [1.807, 2.05) is 0 Å². The van der Waals surface area contributed by atoms with E-state index in [1.165, 1.54) is 12.4 Å². The molecule has 0 amide bonds. The lowest BCUT2D eigenvalue weighted by molar-refractivity contribution is 0.0465. The van der Waals surface area contributed by atoms with Crippen LogP contribution in [-0.4, -0.2) is 15.9 Å². The van der Waals surface area contributed by atoms with Gasteiger partial charge in [0, 0.05) is 11.2 Å². The molecular formula is C13H11ClN2O2. The molecule has 0 aliphatic rings. The number of hydrogen-bond donors (Lipinski definition) is 0. The number of esters is 1. The van der Waals surface area contributed by atoms with E-state index in [0.717, 1.165) is 11.3 Å². The predicted molar refractivity (Wildman–Crippen MR) is 67.3 cm³/mol. The van der Waals surface area contributed by atoms with Gasteiger partial charge in [0.15, 0.2) is 5.69 Å². The van der Waals surface area contributed by atoms with E-state index in [-0.39, 0.29) is 12.3 Å². The Bertz CT molecular complexity index is 538. The maximum Gasteiger partial charge on any atom is 0.358 e. The van der Waals surface area contributed by atoms with Crippen molar-refractivity contribution in [3.05, 3.63) is 58.6 Å². The molecule has 1 aromatic carbocycles. The van der Waals surface area contributed by atoms with E-state index in [4.69, 9.17) is 16.3 Å². The van der Waals surface area contributed by atoms with Gasteiger partial charge >= 0.3 is 5.97 Å². The molecule has 0 N–H and O–H groups in total. The van der Waals surface area contributed by atoms with Gasteiger partial charge in [-0.1, -0.05) is 23.7 Å². The second-order valence-electron chi connectivity index (χ2n) is 3.75. The molecule has 0 saturated heterocycles. The molecule has 0 unspecified atom stereocenters. The summed E-state index contributed by atoms with van der Waals surface area (Å²) in [5.41, 5.74) is 1.83. The van der Waals surface area contributed by atoms with Gasteiger partial charge in [-0.3, -0.25) is 4.98 Å². The Balaban J connectivity index is 1.96. The second kappa shape index (κ2) is 5.60. The van der Waals surface area contributed by atoms with Crippen molar-refractivity contribution in [2.24, 2.45) is 0 Å². The Hall–Kier alpha value is -1.94. The minimum atomic E-state index is -0.488. The van der Waals surface area contributed by atoms with Crippen LogP contribution in [0.5, 0.6) is 0 Å². The van der Waals surface area contributed by atoms with Crippen molar-refractivity contribution < 1.29 is 9.53 Å². The van der Waals surface area contributed by atoms with Crippen molar-refractivity contribution in [1.82, 2.24) is 9.97 Å². The van der Waals surface area contributed by atoms with E-state index < -0.39 is 5.97 Å². The SMILES string of the molecule is Cc1cnc(C(=O)OCc2ccc(Cl)cc2)cn1. The summed E-state index contributed by atoms with van der Waals surface area (Å²) in [7, 11) is 0. The Morgan fingerprint density at radius 1 is 1.22 bits per heavy atom. The number of aryl methyl sites for hydroxylation is 1. The first-order chi connectivity index (χ1) is 8.65. The van der Waals surface area contributed by atoms with Crippen LogP contribution < -0.4 is 0 Å². The largest absolute Gasteiger partial charge is 0.456 e. The molecule has 2 aromatic rings. The molecule has 0 spiro atoms. The van der Waals surface area contributed by atoms with Gasteiger partial charge in [0.1, 0.15) is 6.61 Å². The highest BCUT2D eigenvalue weighted by molar-refractivity contribution is 6.30. The Kier molecular flexibility index (Phi) is 3.89. The molecular weight excluding hydrogens is 252 g/mol. The zero-order chi connectivity index (χ0) is 13.0. The normalized spacial score (nSPS) is 10.1. The Morgan fingerprint density at radius 2 is 1.94 bits per heavy atom. The van der Waals surface area contributed by atoms with E-state index >= 15 is 0 Å². The van der Waals surface area contributed by atoms with Crippen LogP contribution in [0.3, 0.4) is 0 Å². The Labute approximate surface area is 110 Å². The fourth-order valence-corrected chi connectivity index (χ4v) is 1.43. The van der Waals surface area contributed by atoms with Crippen LogP contribution in [0, 0.1) is 6.92 Å². The molecule has 0 fully saturated rings. The number of benzene rings is 1. The number of carbonyl (C=O) groups excluding carboxylic acids is 1. The first kappa shape index (κ1) is 12.5. The third-order valence-corrected chi connectivity index (χ3v) is 2.53. The van der Waals surface area contributed by atoms with Crippen molar-refractivity contribution in [3.63, 3.8) is 0 Å². The lowest BCUT2D eigenvalue weighted by Gasteiger charge is -2.04. The van der Waals surface area contributed by atoms with Crippen LogP contribution in [-0.2, 0) is 11.3 Å². The van der Waals surface area contributed by atoms with Crippen molar-refractivity contribution in [1.29, 1.82) is 0 Å². The first-order valence-electron chi connectivity index (χ1n) is 5.35. The zero-order valence-corrected chi connectivity index (χ0v) is 10.5. The van der Waals surface area contributed by atoms with Crippen LogP contribution in [0.1, 0.15) is 21.7 Å². The summed E-state index contributed by atoms with van der Waals surface area (Å²) >= 11 is 5.76. The van der Waals surface area contributed by atoms with Crippen LogP contribution in [0.25, 0.3) is 0 Å². The number of aromatic nitrogens is 2. The average molecular weight is 263 g/mol. The second-order valence-corrected chi connectivity index (χ2v) is 4.18. The molecule has 18 heavy (non-hydrogen) atoms. The van der Waals surface area contributed by atoms with E-state index in [0.29, 0.717) is 5.02 Å². The highest BCUT2D eigenvalue weighted by Crippen LogP contribution is 2.10. The molecule has 0 aliphatic carbocycles. The van der Waals surface area contributed by atoms with Gasteiger partial charge < -0.3 is 4.74 Å². The lowest BCUT2D eigenvalue weighted by atomic mass is 10.2. The maximum absolute atomic E-state index is 11.6. The monoisotopic (exact) mass is 262 g/mol. The highest BCUT2D eigenvalue weighted by atomic mass is 35.5. The van der Waals surface area contributed by atoms with Crippen LogP contribution in [0.15, 0.2) is 36.7 Å². The number of carbonyl (C=O) groups is 1. The predicted octanol–water partition coefficient (Wildman–Crippen LogP) is 2.80. The third kappa shape index (κ3) is 3.28. The molecule has 1 aromatic heterocycles. The van der Waals surface area contributed by atoms with Gasteiger partial charge in [-0.25, -0.2) is 9.78 Å². The van der Waals surface area contributed by atoms with E-state index in [2.05, 4.69) is 9.97 Å². The van der Waals surface area contributed by atoms with Gasteiger partial charge in [-0.2, -0.15) is 0 Å². The third-order valence-electron chi connectivity index (χ3n) is 2.27. The van der Waals surface area contributed by atoms with Gasteiger partial charge in [0.25, 0.3) is 0 Å². The summed E-state index contributed by atoms with van der Waals surface area (Å²) < 4.78 is 5.11. The maximum atomic E-state index is 11.6. The molecule has 0 atom stereocenters. The van der Waals surface area contributed by atoms with Gasteiger partial charge in [-0.15, -0.1) is 0 Å². The van der Waals surface area contributed by atoms with Crippen molar-refractivity contribution >= 4 is 17.6 Å². The average Bonchev–Trinajstić information content (AvgIpc) is 2.38. The number of ether oxygens (including phenoxy) is 1. The van der Waals surface area contributed by atoms with Crippen molar-refractivity contribution in [3.8, 4) is 0 Å². The van der Waals surface area contributed by atoms with E-state index in [1.54, 1.807) is 31.2 Å². The number of nitrogens with zero attached hydrogens (tertiary/aromatic N) is 2. The molecule has 0 saturated carbocycles. The summed E-state index contributed by atoms with van der Waals surface area (Å²) in [6.45, 7) is 1.99. The first-order valence-corrected chi connectivity index (χ1v) is 5.73. The topological polar surface area (TPSA) is 52.1 Å². The van der Waals surface area contributed by atoms with Gasteiger partial charge in [0.05, 0.1) is 11.9 Å². The lowest BCUT2D eigenvalue weighted by Crippen LogP contribution is -2.08. The molecule has 5 heteroatoms. The minimum absolute atomic E-state index is 0.186. The fraction of sp³-hybridized carbons (Fsp3) is 0.154. The molecule has 0 bridgehead atoms. The molecule has 92 valence electrons. The standard InChI is InChI=1S/C13H11ClN2O2/c1-9-6-16-12(7-15-9)13(17)18-8-10-2-4-11(14)5-3-10/h2-7H,8H2,1H3. The molecule has 2 rings (SSSR count). The minimum Gasteiger partial charge on any atom is -0.456 e. The summed E-state index contributed by atoms with van der Waals surface area (Å²) in [5, 5.41) is 0.648. The highest BCUT2D eigenvalue weighted by Gasteiger charge is 2.09. The molecule has 4 nitrogen and oxygen atoms in total. The van der Waals surface area contributed by atoms with Crippen LogP contribution >= 0.6 is 11.6 Å². The number of rotatable bonds is 3. The number of halogens is 1. The summed E-state index contributed by atoms with van der Waals surface area (Å²) in [6, 6.07) is 7.10.